The summed E-state index contributed by atoms with van der Waals surface area (Å²) in [6, 6.07) is 0. The monoisotopic (exact) mass is 244 g/mol. The van der Waals surface area contributed by atoms with E-state index in [0.717, 1.165) is 0 Å². The minimum Gasteiger partial charge on any atom is -0.337 e. The van der Waals surface area contributed by atoms with Gasteiger partial charge in [-0.3, -0.25) is 0 Å². The third kappa shape index (κ3) is 1.74. The molecule has 0 amide bonds. The highest BCUT2D eigenvalue weighted by atomic mass is 32.2. The zero-order valence-electron chi connectivity index (χ0n) is 9.42. The van der Waals surface area contributed by atoms with Crippen molar-refractivity contribution in [3.05, 3.63) is 12.0 Å². The van der Waals surface area contributed by atoms with Gasteiger partial charge < -0.3 is 10.3 Å². The molecule has 6 nitrogen and oxygen atoms in total. The van der Waals surface area contributed by atoms with E-state index in [1.807, 2.05) is 0 Å². The summed E-state index contributed by atoms with van der Waals surface area (Å²) in [5.41, 5.74) is 5.46. The molecule has 7 heteroatoms. The number of hydrogen-bond donors (Lipinski definition) is 1. The first-order chi connectivity index (χ1) is 7.45. The van der Waals surface area contributed by atoms with Crippen LogP contribution in [0.25, 0.3) is 0 Å². The van der Waals surface area contributed by atoms with Crippen molar-refractivity contribution >= 4 is 10.0 Å². The first-order valence-electron chi connectivity index (χ1n) is 5.15. The van der Waals surface area contributed by atoms with Crippen LogP contribution in [0.4, 0.5) is 0 Å². The van der Waals surface area contributed by atoms with Gasteiger partial charge in [0.2, 0.25) is 0 Å². The van der Waals surface area contributed by atoms with E-state index in [1.165, 1.54) is 4.31 Å². The van der Waals surface area contributed by atoms with Gasteiger partial charge in [-0.15, -0.1) is 0 Å². The van der Waals surface area contributed by atoms with Gasteiger partial charge in [0.15, 0.2) is 5.03 Å². The number of nitrogens with zero attached hydrogens (tertiary/aromatic N) is 3. The van der Waals surface area contributed by atoms with Gasteiger partial charge in [-0.2, -0.15) is 4.31 Å². The average molecular weight is 244 g/mol. The van der Waals surface area contributed by atoms with Crippen LogP contribution in [0, 0.1) is 12.8 Å². The molecule has 16 heavy (non-hydrogen) atoms. The Labute approximate surface area is 95.1 Å². The quantitative estimate of drug-likeness (QED) is 0.763. The Kier molecular flexibility index (Phi) is 2.77. The van der Waals surface area contributed by atoms with Crippen LogP contribution in [0.1, 0.15) is 5.82 Å². The lowest BCUT2D eigenvalue weighted by molar-refractivity contribution is 0.207. The SMILES string of the molecule is Cc1nc(S(=O)(=O)N2CC(CN)C2)cn1C. The van der Waals surface area contributed by atoms with Crippen molar-refractivity contribution in [3.8, 4) is 0 Å². The first kappa shape index (κ1) is 11.6. The number of rotatable bonds is 3. The maximum absolute atomic E-state index is 12.1. The van der Waals surface area contributed by atoms with Crippen molar-refractivity contribution in [1.29, 1.82) is 0 Å². The molecule has 0 spiro atoms. The van der Waals surface area contributed by atoms with Crippen molar-refractivity contribution in [2.24, 2.45) is 18.7 Å². The van der Waals surface area contributed by atoms with Crippen molar-refractivity contribution in [2.45, 2.75) is 11.9 Å². The fourth-order valence-corrected chi connectivity index (χ4v) is 3.27. The fraction of sp³-hybridized carbons (Fsp3) is 0.667. The molecule has 1 aliphatic heterocycles. The summed E-state index contributed by atoms with van der Waals surface area (Å²) in [4.78, 5) is 4.04. The number of imidazole rings is 1. The summed E-state index contributed by atoms with van der Waals surface area (Å²) >= 11 is 0. The summed E-state index contributed by atoms with van der Waals surface area (Å²) in [7, 11) is -1.62. The van der Waals surface area contributed by atoms with Crippen molar-refractivity contribution in [1.82, 2.24) is 13.9 Å². The average Bonchev–Trinajstić information content (AvgIpc) is 2.45. The molecule has 0 unspecified atom stereocenters. The Morgan fingerprint density at radius 3 is 2.62 bits per heavy atom. The van der Waals surface area contributed by atoms with Gasteiger partial charge in [-0.1, -0.05) is 0 Å². The summed E-state index contributed by atoms with van der Waals surface area (Å²) in [6.07, 6.45) is 1.54. The summed E-state index contributed by atoms with van der Waals surface area (Å²) in [6.45, 7) is 3.33. The third-order valence-corrected chi connectivity index (χ3v) is 4.65. The fourth-order valence-electron chi connectivity index (χ4n) is 1.65. The molecule has 0 bridgehead atoms. The molecule has 0 atom stereocenters. The molecular formula is C9H16N4O2S. The lowest BCUT2D eigenvalue weighted by atomic mass is 10.0. The molecular weight excluding hydrogens is 228 g/mol. The second kappa shape index (κ2) is 3.83. The Hall–Kier alpha value is -0.920. The number of aromatic nitrogens is 2. The smallest absolute Gasteiger partial charge is 0.262 e. The standard InChI is InChI=1S/C9H16N4O2S/c1-7-11-9(6-12(7)2)16(14,15)13-4-8(3-10)5-13/h6,8H,3-5,10H2,1-2H3. The number of aryl methyl sites for hydroxylation is 2. The predicted molar refractivity (Wildman–Crippen MR) is 59.2 cm³/mol. The largest absolute Gasteiger partial charge is 0.337 e. The highest BCUT2D eigenvalue weighted by Crippen LogP contribution is 2.23. The third-order valence-electron chi connectivity index (χ3n) is 2.95. The Bertz CT molecular complexity index is 468. The van der Waals surface area contributed by atoms with E-state index in [1.54, 1.807) is 24.7 Å². The van der Waals surface area contributed by atoms with Gasteiger partial charge >= 0.3 is 0 Å². The Balaban J connectivity index is 2.20. The van der Waals surface area contributed by atoms with E-state index < -0.39 is 10.0 Å². The van der Waals surface area contributed by atoms with E-state index in [4.69, 9.17) is 5.73 Å². The van der Waals surface area contributed by atoms with Gasteiger partial charge in [0.05, 0.1) is 0 Å². The summed E-state index contributed by atoms with van der Waals surface area (Å²) in [5, 5.41) is 0.128. The van der Waals surface area contributed by atoms with Crippen molar-refractivity contribution in [3.63, 3.8) is 0 Å². The lowest BCUT2D eigenvalue weighted by Gasteiger charge is -2.36. The zero-order valence-corrected chi connectivity index (χ0v) is 10.2. The van der Waals surface area contributed by atoms with Crippen LogP contribution in [0.5, 0.6) is 0 Å². The molecule has 1 fully saturated rings. The maximum Gasteiger partial charge on any atom is 0.262 e. The molecule has 0 aliphatic carbocycles. The molecule has 90 valence electrons. The minimum absolute atomic E-state index is 0.128. The lowest BCUT2D eigenvalue weighted by Crippen LogP contribution is -2.52. The molecule has 2 N–H and O–H groups in total. The van der Waals surface area contributed by atoms with E-state index in [0.29, 0.717) is 31.4 Å². The molecule has 2 heterocycles. The van der Waals surface area contributed by atoms with Crippen LogP contribution in [0.2, 0.25) is 0 Å². The molecule has 1 aliphatic rings. The van der Waals surface area contributed by atoms with Crippen LogP contribution >= 0.6 is 0 Å². The van der Waals surface area contributed by atoms with E-state index >= 15 is 0 Å². The van der Waals surface area contributed by atoms with Gasteiger partial charge in [0.1, 0.15) is 5.82 Å². The van der Waals surface area contributed by atoms with E-state index in [9.17, 15) is 8.42 Å². The van der Waals surface area contributed by atoms with Crippen LogP contribution in [-0.4, -0.2) is 41.9 Å². The molecule has 0 aromatic carbocycles. The second-order valence-electron chi connectivity index (χ2n) is 4.16. The van der Waals surface area contributed by atoms with Crippen LogP contribution in [-0.2, 0) is 17.1 Å². The maximum atomic E-state index is 12.1. The highest BCUT2D eigenvalue weighted by Gasteiger charge is 2.37. The van der Waals surface area contributed by atoms with Crippen molar-refractivity contribution < 1.29 is 8.42 Å². The predicted octanol–water partition coefficient (Wildman–Crippen LogP) is -0.692. The molecule has 1 aromatic heterocycles. The van der Waals surface area contributed by atoms with Crippen LogP contribution in [0.15, 0.2) is 11.2 Å². The summed E-state index contributed by atoms with van der Waals surface area (Å²) in [5.74, 6) is 0.981. The molecule has 2 rings (SSSR count). The minimum atomic E-state index is -3.40. The molecule has 0 saturated carbocycles. The Morgan fingerprint density at radius 1 is 1.56 bits per heavy atom. The van der Waals surface area contributed by atoms with E-state index in [2.05, 4.69) is 4.98 Å². The number of sulfonamides is 1. The second-order valence-corrected chi connectivity index (χ2v) is 6.05. The first-order valence-corrected chi connectivity index (χ1v) is 6.59. The normalized spacial score (nSPS) is 18.7. The molecule has 1 aromatic rings. The van der Waals surface area contributed by atoms with Gasteiger partial charge in [0, 0.05) is 26.3 Å². The molecule has 0 radical (unpaired) electrons. The number of hydrogen-bond acceptors (Lipinski definition) is 4. The van der Waals surface area contributed by atoms with Crippen LogP contribution in [0.3, 0.4) is 0 Å². The zero-order chi connectivity index (χ0) is 11.9. The summed E-state index contributed by atoms with van der Waals surface area (Å²) < 4.78 is 27.2. The van der Waals surface area contributed by atoms with Crippen molar-refractivity contribution in [2.75, 3.05) is 19.6 Å². The van der Waals surface area contributed by atoms with Gasteiger partial charge in [0.25, 0.3) is 10.0 Å². The molecule has 1 saturated heterocycles. The number of nitrogens with two attached hydrogens (primary N) is 1. The van der Waals surface area contributed by atoms with Crippen LogP contribution < -0.4 is 5.73 Å². The van der Waals surface area contributed by atoms with Gasteiger partial charge in [-0.05, 0) is 19.4 Å². The van der Waals surface area contributed by atoms with Gasteiger partial charge in [-0.25, -0.2) is 13.4 Å². The Morgan fingerprint density at radius 2 is 2.19 bits per heavy atom. The van der Waals surface area contributed by atoms with E-state index in [-0.39, 0.29) is 5.03 Å². The topological polar surface area (TPSA) is 81.2 Å². The highest BCUT2D eigenvalue weighted by molar-refractivity contribution is 7.89.